The van der Waals surface area contributed by atoms with Gasteiger partial charge in [0.15, 0.2) is 0 Å². The van der Waals surface area contributed by atoms with Crippen molar-refractivity contribution in [2.75, 3.05) is 10.7 Å². The third-order valence-electron chi connectivity index (χ3n) is 5.19. The second kappa shape index (κ2) is 9.41. The number of rotatable bonds is 4. The Bertz CT molecular complexity index is 1420. The molecule has 0 saturated carbocycles. The molecule has 0 atom stereocenters. The van der Waals surface area contributed by atoms with Crippen LogP contribution in [-0.4, -0.2) is 16.6 Å². The van der Waals surface area contributed by atoms with Crippen LogP contribution in [0.15, 0.2) is 86.9 Å². The number of anilines is 2. The number of carbonyl (C=O) groups is 1. The standard InChI is InChI=1S/C25H14F3N3OS3/c26-25(27,28)16-12-17(20-10-5-11-33-20)30-24(15(16)13-29)34-14-23(32)31-18-6-1-3-8-21(18)35-22-9-4-2-7-19(22)31/h1-12H,14H2. The lowest BCUT2D eigenvalue weighted by Crippen LogP contribution is -2.30. The first kappa shape index (κ1) is 23.5. The van der Waals surface area contributed by atoms with Crippen LogP contribution in [-0.2, 0) is 11.0 Å². The fourth-order valence-corrected chi connectivity index (χ4v) is 6.27. The van der Waals surface area contributed by atoms with Crippen LogP contribution in [0.3, 0.4) is 0 Å². The highest BCUT2D eigenvalue weighted by atomic mass is 32.2. The van der Waals surface area contributed by atoms with Gasteiger partial charge in [-0.1, -0.05) is 53.9 Å². The molecule has 0 fully saturated rings. The Hall–Kier alpha value is -3.26. The molecule has 0 aliphatic carbocycles. The number of halogens is 3. The number of hydrogen-bond donors (Lipinski definition) is 0. The smallest absolute Gasteiger partial charge is 0.278 e. The van der Waals surface area contributed by atoms with Crippen LogP contribution in [0.2, 0.25) is 0 Å². The van der Waals surface area contributed by atoms with Crippen LogP contribution < -0.4 is 4.90 Å². The molecule has 0 unspecified atom stereocenters. The summed E-state index contributed by atoms with van der Waals surface area (Å²) in [5.41, 5.74) is -0.104. The molecule has 2 aromatic heterocycles. The maximum atomic E-state index is 13.8. The molecule has 4 nitrogen and oxygen atoms in total. The minimum absolute atomic E-state index is 0.117. The van der Waals surface area contributed by atoms with Gasteiger partial charge in [-0.3, -0.25) is 9.69 Å². The Labute approximate surface area is 211 Å². The van der Waals surface area contributed by atoms with Gasteiger partial charge < -0.3 is 0 Å². The van der Waals surface area contributed by atoms with Gasteiger partial charge in [-0.2, -0.15) is 18.4 Å². The Morgan fingerprint density at radius 3 is 2.26 bits per heavy atom. The van der Waals surface area contributed by atoms with Gasteiger partial charge >= 0.3 is 6.18 Å². The number of nitriles is 1. The molecular formula is C25H14F3N3OS3. The van der Waals surface area contributed by atoms with E-state index >= 15 is 0 Å². The van der Waals surface area contributed by atoms with Crippen molar-refractivity contribution in [1.82, 2.24) is 4.98 Å². The van der Waals surface area contributed by atoms with Gasteiger partial charge in [0, 0.05) is 9.79 Å². The summed E-state index contributed by atoms with van der Waals surface area (Å²) in [7, 11) is 0. The maximum absolute atomic E-state index is 13.8. The van der Waals surface area contributed by atoms with E-state index < -0.39 is 17.3 Å². The molecule has 174 valence electrons. The zero-order valence-corrected chi connectivity index (χ0v) is 20.2. The second-order valence-electron chi connectivity index (χ2n) is 7.38. The van der Waals surface area contributed by atoms with Crippen molar-refractivity contribution in [2.45, 2.75) is 21.0 Å². The van der Waals surface area contributed by atoms with E-state index in [1.807, 2.05) is 48.5 Å². The first-order valence-corrected chi connectivity index (χ1v) is 12.9. The molecular weight excluding hydrogens is 511 g/mol. The summed E-state index contributed by atoms with van der Waals surface area (Å²) in [4.78, 5) is 21.7. The minimum Gasteiger partial charge on any atom is -0.278 e. The molecule has 4 aromatic rings. The molecule has 0 spiro atoms. The number of amides is 1. The normalized spacial score (nSPS) is 12.6. The molecule has 1 aliphatic rings. The minimum atomic E-state index is -4.73. The zero-order chi connectivity index (χ0) is 24.6. The Morgan fingerprint density at radius 1 is 1.03 bits per heavy atom. The highest BCUT2D eigenvalue weighted by Crippen LogP contribution is 2.48. The van der Waals surface area contributed by atoms with Gasteiger partial charge in [0.1, 0.15) is 11.1 Å². The number of alkyl halides is 3. The Morgan fingerprint density at radius 2 is 1.69 bits per heavy atom. The molecule has 0 radical (unpaired) electrons. The Balaban J connectivity index is 1.51. The lowest BCUT2D eigenvalue weighted by molar-refractivity contribution is -0.138. The number of hydrogen-bond acceptors (Lipinski definition) is 6. The summed E-state index contributed by atoms with van der Waals surface area (Å²) < 4.78 is 41.4. The SMILES string of the molecule is N#Cc1c(C(F)(F)F)cc(-c2cccs2)nc1SCC(=O)N1c2ccccc2Sc2ccccc21. The lowest BCUT2D eigenvalue weighted by atomic mass is 10.1. The van der Waals surface area contributed by atoms with Gasteiger partial charge in [0.05, 0.1) is 38.8 Å². The summed E-state index contributed by atoms with van der Waals surface area (Å²) in [6.45, 7) is 0. The van der Waals surface area contributed by atoms with Crippen molar-refractivity contribution in [2.24, 2.45) is 0 Å². The van der Waals surface area contributed by atoms with Crippen molar-refractivity contribution in [3.8, 4) is 16.6 Å². The van der Waals surface area contributed by atoms with E-state index in [9.17, 15) is 23.2 Å². The van der Waals surface area contributed by atoms with E-state index in [0.717, 1.165) is 27.6 Å². The number of pyridine rings is 1. The van der Waals surface area contributed by atoms with Gasteiger partial charge in [-0.25, -0.2) is 4.98 Å². The number of aromatic nitrogens is 1. The molecule has 0 saturated heterocycles. The first-order valence-electron chi connectivity index (χ1n) is 10.2. The van der Waals surface area contributed by atoms with Crippen LogP contribution in [0.1, 0.15) is 11.1 Å². The average molecular weight is 526 g/mol. The fraction of sp³-hybridized carbons (Fsp3) is 0.0800. The molecule has 35 heavy (non-hydrogen) atoms. The van der Waals surface area contributed by atoms with Crippen molar-refractivity contribution in [3.05, 3.63) is 83.2 Å². The predicted molar refractivity (Wildman–Crippen MR) is 132 cm³/mol. The van der Waals surface area contributed by atoms with Crippen molar-refractivity contribution < 1.29 is 18.0 Å². The van der Waals surface area contributed by atoms with Gasteiger partial charge in [0.25, 0.3) is 0 Å². The van der Waals surface area contributed by atoms with Crippen LogP contribution in [0.4, 0.5) is 24.5 Å². The molecule has 10 heteroatoms. The quantitative estimate of drug-likeness (QED) is 0.257. The number of carbonyl (C=O) groups excluding carboxylic acids is 1. The third kappa shape index (κ3) is 4.55. The number of benzene rings is 2. The van der Waals surface area contributed by atoms with Crippen LogP contribution in [0.25, 0.3) is 10.6 Å². The number of nitrogens with zero attached hydrogens (tertiary/aromatic N) is 3. The van der Waals surface area contributed by atoms with Gasteiger partial charge in [-0.15, -0.1) is 11.3 Å². The molecule has 1 amide bonds. The van der Waals surface area contributed by atoms with E-state index in [2.05, 4.69) is 4.98 Å². The fourth-order valence-electron chi connectivity index (χ4n) is 3.68. The topological polar surface area (TPSA) is 57.0 Å². The van der Waals surface area contributed by atoms with Crippen molar-refractivity contribution in [1.29, 1.82) is 5.26 Å². The lowest BCUT2D eigenvalue weighted by Gasteiger charge is -2.31. The summed E-state index contributed by atoms with van der Waals surface area (Å²) >= 11 is 3.64. The predicted octanol–water partition coefficient (Wildman–Crippen LogP) is 7.62. The number of fused-ring (bicyclic) bond motifs is 2. The monoisotopic (exact) mass is 525 g/mol. The van der Waals surface area contributed by atoms with Gasteiger partial charge in [0.2, 0.25) is 5.91 Å². The van der Waals surface area contributed by atoms with E-state index in [1.165, 1.54) is 11.3 Å². The largest absolute Gasteiger partial charge is 0.417 e. The summed E-state index contributed by atoms with van der Waals surface area (Å²) in [6, 6.07) is 20.8. The van der Waals surface area contributed by atoms with E-state index in [0.29, 0.717) is 16.3 Å². The molecule has 3 heterocycles. The summed E-state index contributed by atoms with van der Waals surface area (Å²) in [6.07, 6.45) is -4.73. The average Bonchev–Trinajstić information content (AvgIpc) is 3.39. The number of thioether (sulfide) groups is 1. The second-order valence-corrected chi connectivity index (χ2v) is 10.4. The van der Waals surface area contributed by atoms with Crippen molar-refractivity contribution in [3.63, 3.8) is 0 Å². The highest BCUT2D eigenvalue weighted by molar-refractivity contribution is 8.00. The molecule has 5 rings (SSSR count). The zero-order valence-electron chi connectivity index (χ0n) is 17.7. The van der Waals surface area contributed by atoms with Crippen LogP contribution >= 0.6 is 34.9 Å². The Kier molecular flexibility index (Phi) is 6.32. The summed E-state index contributed by atoms with van der Waals surface area (Å²) in [5.74, 6) is -0.517. The van der Waals surface area contributed by atoms with E-state index in [1.54, 1.807) is 40.2 Å². The molecule has 0 bridgehead atoms. The van der Waals surface area contributed by atoms with E-state index in [4.69, 9.17) is 0 Å². The molecule has 0 N–H and O–H groups in total. The number of para-hydroxylation sites is 2. The summed E-state index contributed by atoms with van der Waals surface area (Å²) in [5, 5.41) is 11.2. The molecule has 1 aliphatic heterocycles. The number of thiophene rings is 1. The van der Waals surface area contributed by atoms with Gasteiger partial charge in [-0.05, 0) is 41.8 Å². The molecule has 2 aromatic carbocycles. The van der Waals surface area contributed by atoms with Crippen LogP contribution in [0.5, 0.6) is 0 Å². The van der Waals surface area contributed by atoms with Crippen LogP contribution in [0, 0.1) is 11.3 Å². The first-order chi connectivity index (χ1) is 16.9. The van der Waals surface area contributed by atoms with E-state index in [-0.39, 0.29) is 22.4 Å². The maximum Gasteiger partial charge on any atom is 0.417 e. The van der Waals surface area contributed by atoms with Crippen molar-refractivity contribution >= 4 is 52.1 Å². The highest BCUT2D eigenvalue weighted by Gasteiger charge is 2.36. The third-order valence-corrected chi connectivity index (χ3v) is 8.17.